The Morgan fingerprint density at radius 1 is 1.28 bits per heavy atom. The molecule has 0 saturated heterocycles. The van der Waals surface area contributed by atoms with Gasteiger partial charge < -0.3 is 13.7 Å². The Hall–Kier alpha value is -2.80. The van der Waals surface area contributed by atoms with Gasteiger partial charge in [-0.25, -0.2) is 0 Å². The molecule has 3 aromatic rings. The van der Waals surface area contributed by atoms with Crippen LogP contribution in [0.3, 0.4) is 0 Å². The lowest BCUT2D eigenvalue weighted by Gasteiger charge is -2.20. The fraction of sp³-hybridized carbons (Fsp3) is 0.167. The molecule has 0 aliphatic rings. The van der Waals surface area contributed by atoms with Gasteiger partial charge in [0.15, 0.2) is 0 Å². The van der Waals surface area contributed by atoms with Crippen LogP contribution < -0.4 is 4.90 Å². The normalized spacial score (nSPS) is 10.6. The molecule has 0 spiro atoms. The molecular formula is C18H17N3O3S. The van der Waals surface area contributed by atoms with Gasteiger partial charge in [0, 0.05) is 12.2 Å². The fourth-order valence-corrected chi connectivity index (χ4v) is 2.91. The van der Waals surface area contributed by atoms with E-state index in [1.807, 2.05) is 37.3 Å². The van der Waals surface area contributed by atoms with Gasteiger partial charge in [-0.3, -0.25) is 4.79 Å². The summed E-state index contributed by atoms with van der Waals surface area (Å²) in [4.78, 5) is 14.2. The minimum atomic E-state index is -0.0599. The zero-order chi connectivity index (χ0) is 17.6. The van der Waals surface area contributed by atoms with Crippen LogP contribution >= 0.6 is 11.8 Å². The van der Waals surface area contributed by atoms with Crippen LogP contribution in [0.5, 0.6) is 0 Å². The first kappa shape index (κ1) is 17.0. The van der Waals surface area contributed by atoms with E-state index in [0.29, 0.717) is 23.4 Å². The molecule has 25 heavy (non-hydrogen) atoms. The molecule has 7 heteroatoms. The number of hydrogen-bond acceptors (Lipinski definition) is 6. The van der Waals surface area contributed by atoms with Crippen molar-refractivity contribution in [1.82, 2.24) is 10.2 Å². The summed E-state index contributed by atoms with van der Waals surface area (Å²) >= 11 is 1.20. The quantitative estimate of drug-likeness (QED) is 0.472. The predicted molar refractivity (Wildman–Crippen MR) is 96.5 cm³/mol. The third kappa shape index (κ3) is 4.00. The number of aromatic nitrogens is 2. The van der Waals surface area contributed by atoms with Crippen LogP contribution in [-0.4, -0.2) is 28.4 Å². The highest BCUT2D eigenvalue weighted by atomic mass is 32.2. The highest BCUT2D eigenvalue weighted by Crippen LogP contribution is 2.26. The molecular weight excluding hydrogens is 338 g/mol. The molecule has 0 saturated carbocycles. The van der Waals surface area contributed by atoms with E-state index in [0.717, 1.165) is 11.3 Å². The number of aryl methyl sites for hydroxylation is 1. The maximum atomic E-state index is 12.5. The third-order valence-corrected chi connectivity index (χ3v) is 4.30. The maximum Gasteiger partial charge on any atom is 0.277 e. The number of nitrogens with zero attached hydrogens (tertiary/aromatic N) is 3. The van der Waals surface area contributed by atoms with Gasteiger partial charge in [-0.15, -0.1) is 16.8 Å². The monoisotopic (exact) mass is 355 g/mol. The summed E-state index contributed by atoms with van der Waals surface area (Å²) in [6.07, 6.45) is 3.26. The molecule has 0 radical (unpaired) electrons. The number of anilines is 1. The maximum absolute atomic E-state index is 12.5. The van der Waals surface area contributed by atoms with Crippen molar-refractivity contribution < 1.29 is 13.6 Å². The van der Waals surface area contributed by atoms with Crippen LogP contribution in [0.2, 0.25) is 0 Å². The van der Waals surface area contributed by atoms with E-state index < -0.39 is 0 Å². The minimum Gasteiger partial charge on any atom is -0.469 e. The van der Waals surface area contributed by atoms with Crippen molar-refractivity contribution in [3.63, 3.8) is 0 Å². The summed E-state index contributed by atoms with van der Waals surface area (Å²) in [6.45, 7) is 5.98. The SMILES string of the molecule is C=CCN(C(=O)CSc1nnc(-c2ccoc2C)o1)c1ccccc1. The molecule has 0 N–H and O–H groups in total. The van der Waals surface area contributed by atoms with Gasteiger partial charge in [-0.2, -0.15) is 0 Å². The zero-order valence-corrected chi connectivity index (χ0v) is 14.5. The lowest BCUT2D eigenvalue weighted by Crippen LogP contribution is -2.32. The zero-order valence-electron chi connectivity index (χ0n) is 13.7. The van der Waals surface area contributed by atoms with Crippen molar-refractivity contribution in [2.45, 2.75) is 12.1 Å². The van der Waals surface area contributed by atoms with Crippen molar-refractivity contribution in [1.29, 1.82) is 0 Å². The molecule has 128 valence electrons. The Morgan fingerprint density at radius 3 is 2.76 bits per heavy atom. The Morgan fingerprint density at radius 2 is 2.08 bits per heavy atom. The number of rotatable bonds is 7. The van der Waals surface area contributed by atoms with Gasteiger partial charge >= 0.3 is 0 Å². The second kappa shape index (κ2) is 7.85. The molecule has 6 nitrogen and oxygen atoms in total. The Labute approximate surface area is 149 Å². The summed E-state index contributed by atoms with van der Waals surface area (Å²) in [7, 11) is 0. The molecule has 3 rings (SSSR count). The number of hydrogen-bond donors (Lipinski definition) is 0. The highest BCUT2D eigenvalue weighted by molar-refractivity contribution is 7.99. The molecule has 0 aliphatic heterocycles. The van der Waals surface area contributed by atoms with Crippen molar-refractivity contribution in [2.24, 2.45) is 0 Å². The lowest BCUT2D eigenvalue weighted by atomic mass is 10.3. The van der Waals surface area contributed by atoms with Crippen LogP contribution in [0.4, 0.5) is 5.69 Å². The van der Waals surface area contributed by atoms with Crippen molar-refractivity contribution in [3.05, 3.63) is 61.1 Å². The van der Waals surface area contributed by atoms with E-state index in [4.69, 9.17) is 8.83 Å². The van der Waals surface area contributed by atoms with Crippen molar-refractivity contribution >= 4 is 23.4 Å². The van der Waals surface area contributed by atoms with E-state index >= 15 is 0 Å². The van der Waals surface area contributed by atoms with Gasteiger partial charge in [0.25, 0.3) is 11.1 Å². The minimum absolute atomic E-state index is 0.0599. The number of thioether (sulfide) groups is 1. The smallest absolute Gasteiger partial charge is 0.277 e. The lowest BCUT2D eigenvalue weighted by molar-refractivity contribution is -0.116. The van der Waals surface area contributed by atoms with Gasteiger partial charge in [0.05, 0.1) is 17.6 Å². The molecule has 2 aromatic heterocycles. The Balaban J connectivity index is 1.66. The van der Waals surface area contributed by atoms with E-state index in [9.17, 15) is 4.79 Å². The van der Waals surface area contributed by atoms with E-state index in [2.05, 4.69) is 16.8 Å². The van der Waals surface area contributed by atoms with E-state index in [1.54, 1.807) is 23.3 Å². The molecule has 0 unspecified atom stereocenters. The number of benzene rings is 1. The first-order valence-electron chi connectivity index (χ1n) is 7.66. The first-order valence-corrected chi connectivity index (χ1v) is 8.64. The molecule has 1 aromatic carbocycles. The fourth-order valence-electron chi connectivity index (χ4n) is 2.27. The number of carbonyl (C=O) groups is 1. The number of para-hydroxylation sites is 1. The Kier molecular flexibility index (Phi) is 5.35. The van der Waals surface area contributed by atoms with Crippen LogP contribution in [-0.2, 0) is 4.79 Å². The van der Waals surface area contributed by atoms with Crippen LogP contribution in [0, 0.1) is 6.92 Å². The number of furan rings is 1. The summed E-state index contributed by atoms with van der Waals surface area (Å²) in [5.74, 6) is 1.22. The number of amides is 1. The largest absolute Gasteiger partial charge is 0.469 e. The average Bonchev–Trinajstić information content (AvgIpc) is 3.27. The number of carbonyl (C=O) groups excluding carboxylic acids is 1. The molecule has 0 atom stereocenters. The predicted octanol–water partition coefficient (Wildman–Crippen LogP) is 3.95. The van der Waals surface area contributed by atoms with Crippen LogP contribution in [0.1, 0.15) is 5.76 Å². The first-order chi connectivity index (χ1) is 12.2. The van der Waals surface area contributed by atoms with E-state index in [1.165, 1.54) is 11.8 Å². The Bertz CT molecular complexity index is 857. The third-order valence-electron chi connectivity index (χ3n) is 3.50. The molecule has 0 fully saturated rings. The molecule has 0 aliphatic carbocycles. The van der Waals surface area contributed by atoms with E-state index in [-0.39, 0.29) is 11.7 Å². The van der Waals surface area contributed by atoms with Gasteiger partial charge in [-0.1, -0.05) is 36.0 Å². The van der Waals surface area contributed by atoms with Crippen LogP contribution in [0.25, 0.3) is 11.5 Å². The second-order valence-electron chi connectivity index (χ2n) is 5.18. The van der Waals surface area contributed by atoms with Gasteiger partial charge in [0.2, 0.25) is 5.91 Å². The van der Waals surface area contributed by atoms with Crippen LogP contribution in [0.15, 0.2) is 69.4 Å². The average molecular weight is 355 g/mol. The summed E-state index contributed by atoms with van der Waals surface area (Å²) < 4.78 is 10.8. The molecule has 1 amide bonds. The molecule has 0 bridgehead atoms. The van der Waals surface area contributed by atoms with Crippen molar-refractivity contribution in [3.8, 4) is 11.5 Å². The highest BCUT2D eigenvalue weighted by Gasteiger charge is 2.18. The summed E-state index contributed by atoms with van der Waals surface area (Å²) in [5.41, 5.74) is 1.58. The summed E-state index contributed by atoms with van der Waals surface area (Å²) in [5, 5.41) is 8.32. The van der Waals surface area contributed by atoms with Gasteiger partial charge in [0.1, 0.15) is 5.76 Å². The standard InChI is InChI=1S/C18H17N3O3S/c1-3-10-21(14-7-5-4-6-8-14)16(22)12-25-18-20-19-17(24-18)15-9-11-23-13(15)2/h3-9,11H,1,10,12H2,2H3. The second-order valence-corrected chi connectivity index (χ2v) is 6.11. The topological polar surface area (TPSA) is 72.4 Å². The van der Waals surface area contributed by atoms with Crippen molar-refractivity contribution in [2.75, 3.05) is 17.2 Å². The summed E-state index contributed by atoms with van der Waals surface area (Å²) in [6, 6.07) is 11.2. The van der Waals surface area contributed by atoms with Gasteiger partial charge in [-0.05, 0) is 25.1 Å². The molecule has 2 heterocycles.